The van der Waals surface area contributed by atoms with Gasteiger partial charge in [-0.3, -0.25) is 9.59 Å². The lowest BCUT2D eigenvalue weighted by Crippen LogP contribution is -2.37. The van der Waals surface area contributed by atoms with Gasteiger partial charge in [0.2, 0.25) is 5.91 Å². The monoisotopic (exact) mass is 238 g/mol. The van der Waals surface area contributed by atoms with Gasteiger partial charge in [-0.2, -0.15) is 0 Å². The predicted molar refractivity (Wildman–Crippen MR) is 64.6 cm³/mol. The van der Waals surface area contributed by atoms with Crippen LogP contribution in [0.5, 0.6) is 0 Å². The molecule has 0 unspecified atom stereocenters. The molecule has 94 valence electrons. The molecular formula is C12H18N2O3. The molecule has 0 aliphatic carbocycles. The minimum Gasteiger partial charge on any atom is -0.394 e. The van der Waals surface area contributed by atoms with Crippen molar-refractivity contribution in [1.29, 1.82) is 0 Å². The molecule has 1 aromatic rings. The van der Waals surface area contributed by atoms with Gasteiger partial charge in [-0.15, -0.1) is 0 Å². The number of rotatable bonds is 6. The van der Waals surface area contributed by atoms with E-state index in [1.807, 2.05) is 6.92 Å². The van der Waals surface area contributed by atoms with Gasteiger partial charge < -0.3 is 15.0 Å². The van der Waals surface area contributed by atoms with E-state index in [0.717, 1.165) is 0 Å². The highest BCUT2D eigenvalue weighted by Crippen LogP contribution is 1.92. The smallest absolute Gasteiger partial charge is 0.250 e. The van der Waals surface area contributed by atoms with E-state index < -0.39 is 0 Å². The lowest BCUT2D eigenvalue weighted by molar-refractivity contribution is -0.122. The number of hydrogen-bond donors (Lipinski definition) is 2. The van der Waals surface area contributed by atoms with Crippen LogP contribution in [0, 0.1) is 0 Å². The van der Waals surface area contributed by atoms with E-state index in [4.69, 9.17) is 5.11 Å². The van der Waals surface area contributed by atoms with Gasteiger partial charge in [-0.25, -0.2) is 0 Å². The fourth-order valence-corrected chi connectivity index (χ4v) is 1.44. The van der Waals surface area contributed by atoms with E-state index in [2.05, 4.69) is 5.32 Å². The number of pyridine rings is 1. The molecule has 0 aromatic carbocycles. The molecule has 1 atom stereocenters. The minimum atomic E-state index is -0.199. The standard InChI is InChI=1S/C12H18N2O3/c1-2-10(9-15)13-11(16)6-8-14-7-4-3-5-12(14)17/h3-5,7,10,15H,2,6,8-9H2,1H3,(H,13,16)/t10-/m0/s1. The van der Waals surface area contributed by atoms with Crippen LogP contribution in [0.1, 0.15) is 19.8 Å². The zero-order chi connectivity index (χ0) is 12.7. The van der Waals surface area contributed by atoms with Gasteiger partial charge in [0.25, 0.3) is 5.56 Å². The maximum atomic E-state index is 11.5. The Bertz CT molecular complexity index is 410. The van der Waals surface area contributed by atoms with Crippen LogP contribution in [0.3, 0.4) is 0 Å². The number of amides is 1. The highest BCUT2D eigenvalue weighted by molar-refractivity contribution is 5.76. The van der Waals surface area contributed by atoms with Gasteiger partial charge in [0.05, 0.1) is 12.6 Å². The van der Waals surface area contributed by atoms with Gasteiger partial charge >= 0.3 is 0 Å². The van der Waals surface area contributed by atoms with Crippen LogP contribution < -0.4 is 10.9 Å². The van der Waals surface area contributed by atoms with Gasteiger partial charge in [0, 0.05) is 25.2 Å². The molecular weight excluding hydrogens is 220 g/mol. The topological polar surface area (TPSA) is 71.3 Å². The van der Waals surface area contributed by atoms with Crippen LogP contribution in [-0.2, 0) is 11.3 Å². The zero-order valence-electron chi connectivity index (χ0n) is 9.93. The molecule has 1 rings (SSSR count). The van der Waals surface area contributed by atoms with Gasteiger partial charge in [0.15, 0.2) is 0 Å². The highest BCUT2D eigenvalue weighted by atomic mass is 16.3. The highest BCUT2D eigenvalue weighted by Gasteiger charge is 2.08. The third kappa shape index (κ3) is 4.40. The SMILES string of the molecule is CC[C@@H](CO)NC(=O)CCn1ccccc1=O. The average molecular weight is 238 g/mol. The van der Waals surface area contributed by atoms with Crippen molar-refractivity contribution in [2.75, 3.05) is 6.61 Å². The fraction of sp³-hybridized carbons (Fsp3) is 0.500. The van der Waals surface area contributed by atoms with Crippen molar-refractivity contribution in [3.8, 4) is 0 Å². The van der Waals surface area contributed by atoms with E-state index >= 15 is 0 Å². The molecule has 1 aromatic heterocycles. The first-order valence-corrected chi connectivity index (χ1v) is 5.73. The van der Waals surface area contributed by atoms with Crippen LogP contribution in [0.4, 0.5) is 0 Å². The van der Waals surface area contributed by atoms with E-state index in [-0.39, 0.29) is 30.5 Å². The van der Waals surface area contributed by atoms with Crippen LogP contribution in [0.15, 0.2) is 29.2 Å². The Labute approximate surface area is 100 Å². The van der Waals surface area contributed by atoms with Crippen molar-refractivity contribution >= 4 is 5.91 Å². The molecule has 5 nitrogen and oxygen atoms in total. The van der Waals surface area contributed by atoms with Crippen LogP contribution >= 0.6 is 0 Å². The number of aryl methyl sites for hydroxylation is 1. The van der Waals surface area contributed by atoms with Gasteiger partial charge in [-0.1, -0.05) is 13.0 Å². The van der Waals surface area contributed by atoms with E-state index in [1.54, 1.807) is 18.3 Å². The lowest BCUT2D eigenvalue weighted by Gasteiger charge is -2.14. The summed E-state index contributed by atoms with van der Waals surface area (Å²) < 4.78 is 1.49. The Morgan fingerprint density at radius 3 is 2.88 bits per heavy atom. The number of carbonyl (C=O) groups is 1. The van der Waals surface area contributed by atoms with Crippen molar-refractivity contribution in [2.45, 2.75) is 32.4 Å². The Morgan fingerprint density at radius 1 is 1.53 bits per heavy atom. The summed E-state index contributed by atoms with van der Waals surface area (Å²) in [6.45, 7) is 2.18. The summed E-state index contributed by atoms with van der Waals surface area (Å²) >= 11 is 0. The van der Waals surface area contributed by atoms with Crippen LogP contribution in [-0.4, -0.2) is 28.2 Å². The molecule has 0 saturated heterocycles. The molecule has 5 heteroatoms. The molecule has 0 radical (unpaired) electrons. The number of nitrogens with zero attached hydrogens (tertiary/aromatic N) is 1. The first-order chi connectivity index (χ1) is 8.17. The van der Waals surface area contributed by atoms with Crippen molar-refractivity contribution in [3.63, 3.8) is 0 Å². The third-order valence-corrected chi connectivity index (χ3v) is 2.56. The van der Waals surface area contributed by atoms with Crippen molar-refractivity contribution in [1.82, 2.24) is 9.88 Å². The number of hydrogen-bond acceptors (Lipinski definition) is 3. The molecule has 2 N–H and O–H groups in total. The quantitative estimate of drug-likeness (QED) is 0.739. The first-order valence-electron chi connectivity index (χ1n) is 5.73. The third-order valence-electron chi connectivity index (χ3n) is 2.56. The van der Waals surface area contributed by atoms with Gasteiger partial charge in [0.1, 0.15) is 0 Å². The Hall–Kier alpha value is -1.62. The predicted octanol–water partition coefficient (Wildman–Crippen LogP) is 0.125. The number of aliphatic hydroxyl groups excluding tert-OH is 1. The molecule has 0 aliphatic rings. The number of aliphatic hydroxyl groups is 1. The molecule has 17 heavy (non-hydrogen) atoms. The van der Waals surface area contributed by atoms with E-state index in [1.165, 1.54) is 10.6 Å². The Kier molecular flexibility index (Phi) is 5.42. The van der Waals surface area contributed by atoms with Crippen molar-refractivity contribution < 1.29 is 9.90 Å². The summed E-state index contributed by atoms with van der Waals surface area (Å²) in [7, 11) is 0. The van der Waals surface area contributed by atoms with Crippen LogP contribution in [0.2, 0.25) is 0 Å². The molecule has 0 spiro atoms. The number of aromatic nitrogens is 1. The van der Waals surface area contributed by atoms with Crippen LogP contribution in [0.25, 0.3) is 0 Å². The second-order valence-electron chi connectivity index (χ2n) is 3.84. The molecule has 0 bridgehead atoms. The van der Waals surface area contributed by atoms with E-state index in [9.17, 15) is 9.59 Å². The summed E-state index contributed by atoms with van der Waals surface area (Å²) in [6, 6.07) is 4.68. The normalized spacial score (nSPS) is 12.1. The van der Waals surface area contributed by atoms with Crippen molar-refractivity contribution in [3.05, 3.63) is 34.7 Å². The van der Waals surface area contributed by atoms with E-state index in [0.29, 0.717) is 13.0 Å². The summed E-state index contributed by atoms with van der Waals surface area (Å²) in [6.07, 6.45) is 2.58. The Morgan fingerprint density at radius 2 is 2.29 bits per heavy atom. The minimum absolute atomic E-state index is 0.0620. The molecule has 0 fully saturated rings. The molecule has 0 saturated carbocycles. The second-order valence-corrected chi connectivity index (χ2v) is 3.84. The number of carbonyl (C=O) groups excluding carboxylic acids is 1. The summed E-state index contributed by atoms with van der Waals surface area (Å²) in [5.74, 6) is -0.151. The largest absolute Gasteiger partial charge is 0.394 e. The molecule has 1 amide bonds. The van der Waals surface area contributed by atoms with Gasteiger partial charge in [-0.05, 0) is 12.5 Å². The summed E-state index contributed by atoms with van der Waals surface area (Å²) in [5.41, 5.74) is -0.116. The average Bonchev–Trinajstić information content (AvgIpc) is 2.35. The molecule has 0 aliphatic heterocycles. The zero-order valence-corrected chi connectivity index (χ0v) is 9.93. The lowest BCUT2D eigenvalue weighted by atomic mass is 10.2. The Balaban J connectivity index is 2.43. The first kappa shape index (κ1) is 13.4. The number of nitrogens with one attached hydrogen (secondary N) is 1. The second kappa shape index (κ2) is 6.85. The molecule has 1 heterocycles. The van der Waals surface area contributed by atoms with Crippen molar-refractivity contribution in [2.24, 2.45) is 0 Å². The maximum absolute atomic E-state index is 11.5. The summed E-state index contributed by atoms with van der Waals surface area (Å²) in [4.78, 5) is 22.9. The summed E-state index contributed by atoms with van der Waals surface area (Å²) in [5, 5.41) is 11.6. The maximum Gasteiger partial charge on any atom is 0.250 e. The fourth-order valence-electron chi connectivity index (χ4n) is 1.44.